The molecule has 1 saturated heterocycles. The number of nitrogens with zero attached hydrogens (tertiary/aromatic N) is 3. The van der Waals surface area contributed by atoms with Gasteiger partial charge < -0.3 is 9.42 Å². The highest BCUT2D eigenvalue weighted by Gasteiger charge is 2.28. The Balaban J connectivity index is 1.66. The summed E-state index contributed by atoms with van der Waals surface area (Å²) in [5.41, 5.74) is 0.868. The average molecular weight is 354 g/mol. The number of rotatable bonds is 3. The van der Waals surface area contributed by atoms with Crippen LogP contribution in [0.1, 0.15) is 31.6 Å². The third-order valence-electron chi connectivity index (χ3n) is 4.04. The maximum absolute atomic E-state index is 11.9. The third kappa shape index (κ3) is 3.67. The second kappa shape index (κ2) is 6.89. The van der Waals surface area contributed by atoms with Gasteiger partial charge in [0.05, 0.1) is 0 Å². The number of alkyl halides is 1. The fourth-order valence-electron chi connectivity index (χ4n) is 2.72. The molecule has 0 bridgehead atoms. The number of hydrogen-bond acceptors (Lipinski definition) is 4. The van der Waals surface area contributed by atoms with Crippen molar-refractivity contribution in [2.24, 2.45) is 0 Å². The third-order valence-corrected chi connectivity index (χ3v) is 4.48. The largest absolute Gasteiger partial charge is 0.341 e. The van der Waals surface area contributed by atoms with Crippen molar-refractivity contribution < 1.29 is 9.32 Å². The summed E-state index contributed by atoms with van der Waals surface area (Å²) in [5, 5.41) is 4.23. The van der Waals surface area contributed by atoms with Crippen LogP contribution < -0.4 is 0 Å². The van der Waals surface area contributed by atoms with Crippen molar-refractivity contribution in [1.29, 1.82) is 0 Å². The topological polar surface area (TPSA) is 59.2 Å². The Labute approximate surface area is 144 Å². The van der Waals surface area contributed by atoms with E-state index in [1.807, 2.05) is 12.1 Å². The minimum absolute atomic E-state index is 0.0162. The van der Waals surface area contributed by atoms with E-state index in [-0.39, 0.29) is 11.8 Å². The van der Waals surface area contributed by atoms with Crippen LogP contribution in [0.4, 0.5) is 0 Å². The van der Waals surface area contributed by atoms with Crippen LogP contribution in [0, 0.1) is 0 Å². The van der Waals surface area contributed by atoms with Gasteiger partial charge >= 0.3 is 0 Å². The number of piperidine rings is 1. The van der Waals surface area contributed by atoms with E-state index >= 15 is 0 Å². The number of halogens is 2. The lowest BCUT2D eigenvalue weighted by atomic mass is 9.96. The van der Waals surface area contributed by atoms with E-state index in [2.05, 4.69) is 10.1 Å². The zero-order chi connectivity index (χ0) is 16.4. The Morgan fingerprint density at radius 2 is 1.96 bits per heavy atom. The second-order valence-electron chi connectivity index (χ2n) is 5.68. The van der Waals surface area contributed by atoms with E-state index in [1.165, 1.54) is 0 Å². The summed E-state index contributed by atoms with van der Waals surface area (Å²) >= 11 is 11.7. The Morgan fingerprint density at radius 1 is 1.30 bits per heavy atom. The molecule has 1 aliphatic heterocycles. The SMILES string of the molecule is C[C@@H](Cl)C(=O)N1CCC(c2nc(-c3ccc(Cl)cc3)no2)CC1. The van der Waals surface area contributed by atoms with Gasteiger partial charge in [-0.1, -0.05) is 16.8 Å². The molecule has 1 fully saturated rings. The van der Waals surface area contributed by atoms with Crippen LogP contribution in [0.5, 0.6) is 0 Å². The Hall–Kier alpha value is -1.59. The van der Waals surface area contributed by atoms with Gasteiger partial charge in [0.25, 0.3) is 0 Å². The number of carbonyl (C=O) groups is 1. The van der Waals surface area contributed by atoms with Gasteiger partial charge in [-0.25, -0.2) is 0 Å². The molecule has 2 heterocycles. The van der Waals surface area contributed by atoms with Gasteiger partial charge in [-0.05, 0) is 44.0 Å². The summed E-state index contributed by atoms with van der Waals surface area (Å²) in [7, 11) is 0. The number of benzene rings is 1. The molecule has 122 valence electrons. The van der Waals surface area contributed by atoms with E-state index < -0.39 is 5.38 Å². The molecule has 23 heavy (non-hydrogen) atoms. The minimum Gasteiger partial charge on any atom is -0.341 e. The first kappa shape index (κ1) is 16.3. The zero-order valence-electron chi connectivity index (χ0n) is 12.7. The van der Waals surface area contributed by atoms with Gasteiger partial charge in [-0.2, -0.15) is 4.98 Å². The van der Waals surface area contributed by atoms with Gasteiger partial charge in [0, 0.05) is 29.6 Å². The van der Waals surface area contributed by atoms with Crippen LogP contribution in [0.25, 0.3) is 11.4 Å². The lowest BCUT2D eigenvalue weighted by Crippen LogP contribution is -2.41. The van der Waals surface area contributed by atoms with Gasteiger partial charge in [-0.15, -0.1) is 11.6 Å². The smallest absolute Gasteiger partial charge is 0.240 e. The molecule has 3 rings (SSSR count). The average Bonchev–Trinajstić information content (AvgIpc) is 3.05. The summed E-state index contributed by atoms with van der Waals surface area (Å²) in [5.74, 6) is 1.35. The van der Waals surface area contributed by atoms with Gasteiger partial charge in [0.1, 0.15) is 5.38 Å². The summed E-state index contributed by atoms with van der Waals surface area (Å²) < 4.78 is 5.41. The first-order valence-electron chi connectivity index (χ1n) is 7.57. The molecule has 0 spiro atoms. The van der Waals surface area contributed by atoms with Crippen molar-refractivity contribution in [3.05, 3.63) is 35.2 Å². The van der Waals surface area contributed by atoms with Crippen molar-refractivity contribution in [2.75, 3.05) is 13.1 Å². The Morgan fingerprint density at radius 3 is 2.57 bits per heavy atom. The highest BCUT2D eigenvalue weighted by molar-refractivity contribution is 6.30. The molecule has 0 saturated carbocycles. The Bertz CT molecular complexity index is 677. The minimum atomic E-state index is -0.480. The molecule has 1 amide bonds. The molecule has 0 unspecified atom stereocenters. The van der Waals surface area contributed by atoms with Gasteiger partial charge in [0.2, 0.25) is 17.6 Å². The first-order chi connectivity index (χ1) is 11.0. The number of carbonyl (C=O) groups excluding carboxylic acids is 1. The molecule has 1 aliphatic rings. The molecule has 0 aliphatic carbocycles. The second-order valence-corrected chi connectivity index (χ2v) is 6.77. The first-order valence-corrected chi connectivity index (χ1v) is 8.38. The van der Waals surface area contributed by atoms with Crippen LogP contribution in [0.2, 0.25) is 5.02 Å². The molecule has 7 heteroatoms. The summed E-state index contributed by atoms with van der Waals surface area (Å²) in [4.78, 5) is 18.2. The van der Waals surface area contributed by atoms with Gasteiger partial charge in [0.15, 0.2) is 0 Å². The van der Waals surface area contributed by atoms with Gasteiger partial charge in [-0.3, -0.25) is 4.79 Å². The van der Waals surface area contributed by atoms with Crippen LogP contribution in [-0.4, -0.2) is 39.4 Å². The van der Waals surface area contributed by atoms with Crippen LogP contribution >= 0.6 is 23.2 Å². The van der Waals surface area contributed by atoms with E-state index in [9.17, 15) is 4.79 Å². The molecule has 2 aromatic rings. The van der Waals surface area contributed by atoms with Crippen LogP contribution in [0.15, 0.2) is 28.8 Å². The number of aromatic nitrogens is 2. The van der Waals surface area contributed by atoms with E-state index in [4.69, 9.17) is 27.7 Å². The fraction of sp³-hybridized carbons (Fsp3) is 0.438. The summed E-state index contributed by atoms with van der Waals surface area (Å²) in [6, 6.07) is 7.31. The molecule has 1 atom stereocenters. The van der Waals surface area contributed by atoms with Crippen molar-refractivity contribution in [3.63, 3.8) is 0 Å². The van der Waals surface area contributed by atoms with E-state index in [0.29, 0.717) is 29.8 Å². The lowest BCUT2D eigenvalue weighted by molar-refractivity contribution is -0.131. The molecule has 0 radical (unpaired) electrons. The van der Waals surface area contributed by atoms with Crippen molar-refractivity contribution in [1.82, 2.24) is 15.0 Å². The van der Waals surface area contributed by atoms with Crippen molar-refractivity contribution in [2.45, 2.75) is 31.1 Å². The molecule has 5 nitrogen and oxygen atoms in total. The standard InChI is InChI=1S/C16H17Cl2N3O2/c1-10(17)16(22)21-8-6-12(7-9-21)15-19-14(20-23-15)11-2-4-13(18)5-3-11/h2-5,10,12H,6-9H2,1H3/t10-/m1/s1. The monoisotopic (exact) mass is 353 g/mol. The number of likely N-dealkylation sites (tertiary alicyclic amines) is 1. The maximum atomic E-state index is 11.9. The number of hydrogen-bond donors (Lipinski definition) is 0. The molecular formula is C16H17Cl2N3O2. The molecule has 1 aromatic carbocycles. The molecule has 0 N–H and O–H groups in total. The number of amides is 1. The van der Waals surface area contributed by atoms with Crippen LogP contribution in [0.3, 0.4) is 0 Å². The zero-order valence-corrected chi connectivity index (χ0v) is 14.2. The van der Waals surface area contributed by atoms with E-state index in [1.54, 1.807) is 24.0 Å². The van der Waals surface area contributed by atoms with Crippen LogP contribution in [-0.2, 0) is 4.79 Å². The molecular weight excluding hydrogens is 337 g/mol. The summed E-state index contributed by atoms with van der Waals surface area (Å²) in [6.07, 6.45) is 1.61. The fourth-order valence-corrected chi connectivity index (χ4v) is 2.98. The quantitative estimate of drug-likeness (QED) is 0.789. The van der Waals surface area contributed by atoms with Crippen molar-refractivity contribution >= 4 is 29.1 Å². The highest BCUT2D eigenvalue weighted by Crippen LogP contribution is 2.29. The molecule has 1 aromatic heterocycles. The van der Waals surface area contributed by atoms with E-state index in [0.717, 1.165) is 18.4 Å². The highest BCUT2D eigenvalue weighted by atomic mass is 35.5. The maximum Gasteiger partial charge on any atom is 0.240 e. The normalized spacial score (nSPS) is 17.3. The predicted octanol–water partition coefficient (Wildman–Crippen LogP) is 3.72. The van der Waals surface area contributed by atoms with Crippen molar-refractivity contribution in [3.8, 4) is 11.4 Å². The summed E-state index contributed by atoms with van der Waals surface area (Å²) in [6.45, 7) is 3.03. The Kier molecular flexibility index (Phi) is 4.87. The predicted molar refractivity (Wildman–Crippen MR) is 88.6 cm³/mol. The lowest BCUT2D eigenvalue weighted by Gasteiger charge is -2.31.